The van der Waals surface area contributed by atoms with Crippen molar-refractivity contribution >= 4 is 50.2 Å². The normalized spacial score (nSPS) is 14.8. The van der Waals surface area contributed by atoms with Crippen LogP contribution in [0.2, 0.25) is 0 Å². The second kappa shape index (κ2) is 8.65. The number of nitrogens with one attached hydrogen (secondary N) is 2. The van der Waals surface area contributed by atoms with E-state index in [2.05, 4.69) is 43.4 Å². The number of rotatable bonds is 6. The summed E-state index contributed by atoms with van der Waals surface area (Å²) in [6.07, 6.45) is 1.82. The lowest BCUT2D eigenvalue weighted by Crippen LogP contribution is -2.36. The molecule has 0 saturated carbocycles. The zero-order valence-corrected chi connectivity index (χ0v) is 18.2. The van der Waals surface area contributed by atoms with Crippen LogP contribution in [0.3, 0.4) is 0 Å². The highest BCUT2D eigenvalue weighted by Gasteiger charge is 2.18. The van der Waals surface area contributed by atoms with Crippen LogP contribution in [0.25, 0.3) is 20.7 Å². The number of hydrogen-bond acceptors (Lipinski definition) is 9. The van der Waals surface area contributed by atoms with E-state index >= 15 is 0 Å². The highest BCUT2D eigenvalue weighted by atomic mass is 32.1. The Morgan fingerprint density at radius 1 is 1.13 bits per heavy atom. The summed E-state index contributed by atoms with van der Waals surface area (Å²) < 4.78 is 5.47. The number of pyridine rings is 1. The molecule has 0 amide bonds. The molecule has 4 aromatic heterocycles. The molecule has 0 atom stereocenters. The molecule has 4 aromatic rings. The van der Waals surface area contributed by atoms with Crippen molar-refractivity contribution in [2.45, 2.75) is 6.54 Å². The molecule has 0 spiro atoms. The van der Waals surface area contributed by atoms with Gasteiger partial charge in [-0.15, -0.1) is 22.7 Å². The summed E-state index contributed by atoms with van der Waals surface area (Å²) in [5, 5.41) is 11.9. The van der Waals surface area contributed by atoms with E-state index < -0.39 is 0 Å². The maximum absolute atomic E-state index is 5.47. The van der Waals surface area contributed by atoms with Crippen molar-refractivity contribution < 1.29 is 4.74 Å². The first kappa shape index (κ1) is 19.4. The number of aromatic nitrogens is 3. The van der Waals surface area contributed by atoms with Crippen LogP contribution in [0, 0.1) is 0 Å². The van der Waals surface area contributed by atoms with Crippen LogP contribution in [0.4, 0.5) is 17.3 Å². The van der Waals surface area contributed by atoms with Crippen LogP contribution in [0.15, 0.2) is 41.2 Å². The molecule has 154 valence electrons. The van der Waals surface area contributed by atoms with Crippen molar-refractivity contribution in [2.75, 3.05) is 44.0 Å². The van der Waals surface area contributed by atoms with Crippen LogP contribution in [0.1, 0.15) is 5.82 Å². The largest absolute Gasteiger partial charge is 0.379 e. The van der Waals surface area contributed by atoms with Crippen molar-refractivity contribution in [3.63, 3.8) is 0 Å². The molecule has 7 nitrogen and oxygen atoms in total. The summed E-state index contributed by atoms with van der Waals surface area (Å²) in [7, 11) is 1.86. The summed E-state index contributed by atoms with van der Waals surface area (Å²) in [6.45, 7) is 4.06. The van der Waals surface area contributed by atoms with Gasteiger partial charge in [0.2, 0.25) is 0 Å². The second-order valence-electron chi connectivity index (χ2n) is 6.99. The van der Waals surface area contributed by atoms with Crippen molar-refractivity contribution in [3.8, 4) is 10.4 Å². The monoisotopic (exact) mass is 438 g/mol. The Balaban J connectivity index is 1.55. The molecular weight excluding hydrogens is 416 g/mol. The van der Waals surface area contributed by atoms with E-state index in [9.17, 15) is 0 Å². The Labute approximate surface area is 182 Å². The Morgan fingerprint density at radius 3 is 2.77 bits per heavy atom. The van der Waals surface area contributed by atoms with Gasteiger partial charge in [0.25, 0.3) is 0 Å². The Hall–Kier alpha value is -2.59. The van der Waals surface area contributed by atoms with Crippen LogP contribution >= 0.6 is 22.7 Å². The van der Waals surface area contributed by atoms with Gasteiger partial charge in [-0.3, -0.25) is 4.90 Å². The average molecular weight is 439 g/mol. The zero-order chi connectivity index (χ0) is 20.3. The second-order valence-corrected chi connectivity index (χ2v) is 8.80. The Bertz CT molecular complexity index is 1120. The van der Waals surface area contributed by atoms with Crippen LogP contribution < -0.4 is 10.6 Å². The lowest BCUT2D eigenvalue weighted by molar-refractivity contribution is 0.0331. The summed E-state index contributed by atoms with van der Waals surface area (Å²) in [5.74, 6) is 2.48. The van der Waals surface area contributed by atoms with Gasteiger partial charge in [-0.05, 0) is 23.6 Å². The molecule has 0 bridgehead atoms. The number of fused-ring (bicyclic) bond motifs is 1. The smallest absolute Gasteiger partial charge is 0.146 e. The fourth-order valence-electron chi connectivity index (χ4n) is 3.47. The molecule has 0 aromatic carbocycles. The average Bonchev–Trinajstić information content (AvgIpc) is 3.45. The fourth-order valence-corrected chi connectivity index (χ4v) is 5.25. The SMILES string of the molecule is CNc1ccc(Nc2nc(CN3CCOCC3)nc3scc(-c4cccs4)c23)cn1. The van der Waals surface area contributed by atoms with Crippen LogP contribution in [0.5, 0.6) is 0 Å². The molecule has 9 heteroatoms. The van der Waals surface area contributed by atoms with E-state index in [1.165, 1.54) is 10.4 Å². The number of thiophene rings is 2. The van der Waals surface area contributed by atoms with Crippen LogP contribution in [-0.2, 0) is 11.3 Å². The first-order chi connectivity index (χ1) is 14.8. The van der Waals surface area contributed by atoms with E-state index in [-0.39, 0.29) is 0 Å². The molecule has 30 heavy (non-hydrogen) atoms. The third kappa shape index (κ3) is 4.01. The van der Waals surface area contributed by atoms with Gasteiger partial charge < -0.3 is 15.4 Å². The van der Waals surface area contributed by atoms with Gasteiger partial charge >= 0.3 is 0 Å². The van der Waals surface area contributed by atoms with Gasteiger partial charge in [0.1, 0.15) is 22.3 Å². The molecule has 5 heterocycles. The predicted molar refractivity (Wildman–Crippen MR) is 124 cm³/mol. The van der Waals surface area contributed by atoms with Crippen molar-refractivity contribution in [2.24, 2.45) is 0 Å². The molecule has 2 N–H and O–H groups in total. The Morgan fingerprint density at radius 2 is 2.03 bits per heavy atom. The number of morpholine rings is 1. The molecule has 0 radical (unpaired) electrons. The van der Waals surface area contributed by atoms with Gasteiger partial charge in [-0.2, -0.15) is 0 Å². The highest BCUT2D eigenvalue weighted by molar-refractivity contribution is 7.18. The molecule has 1 aliphatic heterocycles. The quantitative estimate of drug-likeness (QED) is 0.461. The van der Waals surface area contributed by atoms with E-state index in [0.717, 1.165) is 66.2 Å². The number of hydrogen-bond donors (Lipinski definition) is 2. The van der Waals surface area contributed by atoms with E-state index in [1.807, 2.05) is 25.4 Å². The fraction of sp³-hybridized carbons (Fsp3) is 0.286. The number of nitrogens with zero attached hydrogens (tertiary/aromatic N) is 4. The van der Waals surface area contributed by atoms with Gasteiger partial charge in [-0.25, -0.2) is 15.0 Å². The summed E-state index contributed by atoms with van der Waals surface area (Å²) in [6, 6.07) is 8.17. The minimum Gasteiger partial charge on any atom is -0.379 e. The standard InChI is InChI=1S/C21H22N6OS2/c1-22-17-5-4-14(11-23-17)24-20-19-15(16-3-2-10-29-16)13-30-21(19)26-18(25-20)12-27-6-8-28-9-7-27/h2-5,10-11,13H,6-9,12H2,1H3,(H,22,23)(H,24,25,26). The van der Waals surface area contributed by atoms with Gasteiger partial charge in [0, 0.05) is 36.0 Å². The summed E-state index contributed by atoms with van der Waals surface area (Å²) >= 11 is 3.39. The first-order valence-corrected chi connectivity index (χ1v) is 11.6. The molecular formula is C21H22N6OS2. The minimum atomic E-state index is 0.719. The summed E-state index contributed by atoms with van der Waals surface area (Å²) in [4.78, 5) is 18.8. The molecule has 5 rings (SSSR count). The number of anilines is 3. The van der Waals surface area contributed by atoms with E-state index in [1.54, 1.807) is 22.7 Å². The van der Waals surface area contributed by atoms with Gasteiger partial charge in [-0.1, -0.05) is 6.07 Å². The van der Waals surface area contributed by atoms with Crippen molar-refractivity contribution in [1.82, 2.24) is 19.9 Å². The van der Waals surface area contributed by atoms with Crippen molar-refractivity contribution in [1.29, 1.82) is 0 Å². The zero-order valence-electron chi connectivity index (χ0n) is 16.6. The number of ether oxygens (including phenoxy) is 1. The maximum Gasteiger partial charge on any atom is 0.146 e. The molecule has 1 aliphatic rings. The lowest BCUT2D eigenvalue weighted by atomic mass is 10.2. The lowest BCUT2D eigenvalue weighted by Gasteiger charge is -2.25. The third-order valence-corrected chi connectivity index (χ3v) is 6.79. The topological polar surface area (TPSA) is 75.2 Å². The molecule has 0 aliphatic carbocycles. The van der Waals surface area contributed by atoms with E-state index in [4.69, 9.17) is 14.7 Å². The molecule has 0 unspecified atom stereocenters. The Kier molecular flexibility index (Phi) is 5.58. The third-order valence-electron chi connectivity index (χ3n) is 5.02. The van der Waals surface area contributed by atoms with Gasteiger partial charge in [0.05, 0.1) is 37.0 Å². The van der Waals surface area contributed by atoms with Gasteiger partial charge in [0.15, 0.2) is 0 Å². The first-order valence-electron chi connectivity index (χ1n) is 9.83. The minimum absolute atomic E-state index is 0.719. The summed E-state index contributed by atoms with van der Waals surface area (Å²) in [5.41, 5.74) is 2.07. The van der Waals surface area contributed by atoms with Crippen molar-refractivity contribution in [3.05, 3.63) is 47.0 Å². The predicted octanol–water partition coefficient (Wildman–Crippen LogP) is 4.43. The van der Waals surface area contributed by atoms with Crippen LogP contribution in [-0.4, -0.2) is 53.2 Å². The molecule has 1 saturated heterocycles. The highest BCUT2D eigenvalue weighted by Crippen LogP contribution is 2.39. The molecule has 1 fully saturated rings. The van der Waals surface area contributed by atoms with E-state index in [0.29, 0.717) is 0 Å². The maximum atomic E-state index is 5.47.